The van der Waals surface area contributed by atoms with Gasteiger partial charge in [0.2, 0.25) is 0 Å². The van der Waals surface area contributed by atoms with E-state index >= 15 is 0 Å². The molecule has 0 unspecified atom stereocenters. The molecule has 2 aromatic heterocycles. The lowest BCUT2D eigenvalue weighted by Crippen LogP contribution is -2.49. The van der Waals surface area contributed by atoms with Crippen molar-refractivity contribution in [3.8, 4) is 22.9 Å². The highest BCUT2D eigenvalue weighted by atomic mass is 16.6. The summed E-state index contributed by atoms with van der Waals surface area (Å²) in [7, 11) is 3.11. The quantitative estimate of drug-likeness (QED) is 0.0553. The molecule has 0 atom stereocenters. The second-order valence-corrected chi connectivity index (χ2v) is 30.3. The molecule has 508 valence electrons. The fourth-order valence-corrected chi connectivity index (χ4v) is 11.2. The molecule has 0 N–H and O–H groups in total. The fourth-order valence-electron chi connectivity index (χ4n) is 11.2. The number of ether oxygens (including phenoxy) is 5. The summed E-state index contributed by atoms with van der Waals surface area (Å²) in [6.07, 6.45) is 12.9. The molecule has 3 saturated heterocycles. The Morgan fingerprint density at radius 1 is 0.516 bits per heavy atom. The van der Waals surface area contributed by atoms with Crippen molar-refractivity contribution in [2.75, 3.05) is 93.0 Å². The average Bonchev–Trinajstić information content (AvgIpc) is 1.47. The zero-order chi connectivity index (χ0) is 68.2. The van der Waals surface area contributed by atoms with Crippen LogP contribution in [-0.2, 0) is 49.6 Å². The lowest BCUT2D eigenvalue weighted by Gasteiger charge is -2.45. The van der Waals surface area contributed by atoms with Gasteiger partial charge in [-0.2, -0.15) is 0 Å². The third kappa shape index (κ3) is 24.2. The normalized spacial score (nSPS) is 15.3. The van der Waals surface area contributed by atoms with Crippen molar-refractivity contribution in [1.29, 1.82) is 0 Å². The number of hydroxylamine groups is 3. The SMILES string of the molecule is CC(C)(C)c1ccc(C[N+]2([O-])CCOCC2)cc1.COC(=O)c1cc(C(C)(C)C)ccc1OCCN1CCCC1.COc1cc(C(C)(C)C)ccc1OCCN1CCCC1.Cc1nccn1-c1ccc(C(C)(C)C)cc1.Cc1nccn1Cc1ccc(C(C)(C)C)cc1. The fraction of sp³-hybridized carbons (Fsp3) is 0.532. The number of aromatic nitrogens is 4. The lowest BCUT2D eigenvalue weighted by atomic mass is 9.86. The van der Waals surface area contributed by atoms with Gasteiger partial charge in [0.25, 0.3) is 0 Å². The van der Waals surface area contributed by atoms with Gasteiger partial charge in [0.1, 0.15) is 55.8 Å². The predicted molar refractivity (Wildman–Crippen MR) is 382 cm³/mol. The highest BCUT2D eigenvalue weighted by molar-refractivity contribution is 5.92. The van der Waals surface area contributed by atoms with Gasteiger partial charge in [-0.25, -0.2) is 14.8 Å². The monoisotopic (exact) mass is 1270 g/mol. The highest BCUT2D eigenvalue weighted by Crippen LogP contribution is 2.34. The maximum Gasteiger partial charge on any atom is 0.341 e. The Bertz CT molecular complexity index is 3330. The van der Waals surface area contributed by atoms with Gasteiger partial charge < -0.3 is 42.7 Å². The molecule has 93 heavy (non-hydrogen) atoms. The highest BCUT2D eigenvalue weighted by Gasteiger charge is 2.24. The molecule has 3 aliphatic heterocycles. The summed E-state index contributed by atoms with van der Waals surface area (Å²) in [5, 5.41) is 12.4. The molecule has 3 aliphatic rings. The Morgan fingerprint density at radius 2 is 0.935 bits per heavy atom. The van der Waals surface area contributed by atoms with Crippen LogP contribution in [-0.4, -0.2) is 133 Å². The summed E-state index contributed by atoms with van der Waals surface area (Å²) < 4.78 is 31.5. The third-order valence-electron chi connectivity index (χ3n) is 17.5. The van der Waals surface area contributed by atoms with E-state index in [1.165, 1.54) is 79.4 Å². The number of nitrogens with zero attached hydrogens (tertiary/aromatic N) is 7. The molecule has 14 nitrogen and oxygen atoms in total. The number of morpholine rings is 1. The van der Waals surface area contributed by atoms with Crippen LogP contribution in [0.2, 0.25) is 0 Å². The van der Waals surface area contributed by atoms with E-state index in [1.807, 2.05) is 62.9 Å². The van der Waals surface area contributed by atoms with E-state index in [1.54, 1.807) is 7.11 Å². The van der Waals surface area contributed by atoms with Gasteiger partial charge in [0.15, 0.2) is 11.5 Å². The number of rotatable bonds is 15. The van der Waals surface area contributed by atoms with E-state index in [4.69, 9.17) is 23.7 Å². The number of carbonyl (C=O) groups is 1. The maximum absolute atomic E-state index is 12.4. The lowest BCUT2D eigenvalue weighted by molar-refractivity contribution is -0.901. The second-order valence-electron chi connectivity index (χ2n) is 30.3. The van der Waals surface area contributed by atoms with Crippen LogP contribution in [0.3, 0.4) is 0 Å². The minimum atomic E-state index is -0.345. The Morgan fingerprint density at radius 3 is 1.37 bits per heavy atom. The van der Waals surface area contributed by atoms with Gasteiger partial charge in [0, 0.05) is 55.7 Å². The van der Waals surface area contributed by atoms with E-state index in [0.717, 1.165) is 73.6 Å². The molecule has 14 heteroatoms. The van der Waals surface area contributed by atoms with Crippen LogP contribution in [0.25, 0.3) is 5.69 Å². The van der Waals surface area contributed by atoms with E-state index in [0.29, 0.717) is 50.8 Å². The number of hydrogen-bond acceptors (Lipinski definition) is 11. The van der Waals surface area contributed by atoms with Gasteiger partial charge in [0.05, 0.1) is 27.4 Å². The number of carbonyl (C=O) groups excluding carboxylic acids is 1. The Hall–Kier alpha value is -6.81. The minimum absolute atomic E-state index is 0.0170. The molecule has 0 amide bonds. The number of likely N-dealkylation sites (tertiary alicyclic amines) is 2. The van der Waals surface area contributed by atoms with Crippen molar-refractivity contribution in [1.82, 2.24) is 28.9 Å². The van der Waals surface area contributed by atoms with Crippen LogP contribution in [0.5, 0.6) is 17.2 Å². The van der Waals surface area contributed by atoms with Crippen molar-refractivity contribution in [2.24, 2.45) is 0 Å². The average molecular weight is 1270 g/mol. The van der Waals surface area contributed by atoms with Gasteiger partial charge in [-0.15, -0.1) is 0 Å². The number of methoxy groups -OCH3 is 2. The molecule has 0 bridgehead atoms. The first kappa shape index (κ1) is 75.2. The standard InChI is InChI=1S/C18H27NO3.C17H27NO2.C15H20N2.C15H23NO2.C14H18N2/c1-18(2,3)14-7-8-16(15(13-14)17(20)21-4)22-12-11-19-9-5-6-10-19;1-17(2,3)14-7-8-15(16(13-14)19-4)20-12-11-18-9-5-6-10-18;1-12-16-9-10-17(12)11-13-5-7-14(8-6-13)15(2,3)4;1-15(2,3)14-6-4-13(5-7-14)12-16(17)8-10-18-11-9-16;1-11-15-9-10-16(11)13-7-5-12(6-8-13)14(2,3)4/h7-8,13H,5-6,9-12H2,1-4H3;7-8,13H,5-6,9-12H2,1-4H3;5-10H,11H2,1-4H3;4-7H,8-12H2,1-3H3;5-10H,1-4H3. The molecule has 0 spiro atoms. The van der Waals surface area contributed by atoms with Crippen LogP contribution >= 0.6 is 0 Å². The van der Waals surface area contributed by atoms with Gasteiger partial charge >= 0.3 is 5.97 Å². The van der Waals surface area contributed by atoms with Crippen LogP contribution in [0.1, 0.15) is 190 Å². The first-order valence-corrected chi connectivity index (χ1v) is 33.8. The first-order valence-electron chi connectivity index (χ1n) is 33.8. The molecule has 5 heterocycles. The van der Waals surface area contributed by atoms with Gasteiger partial charge in [-0.3, -0.25) is 9.80 Å². The Kier molecular flexibility index (Phi) is 27.5. The summed E-state index contributed by atoms with van der Waals surface area (Å²) in [5.74, 6) is 4.02. The largest absolute Gasteiger partial charge is 0.632 e. The molecule has 0 aliphatic carbocycles. The molecular formula is C79H115N7O7. The van der Waals surface area contributed by atoms with Crippen LogP contribution in [0, 0.1) is 19.1 Å². The molecular weight excluding hydrogens is 1160 g/mol. The number of imidazole rings is 2. The molecule has 0 saturated carbocycles. The van der Waals surface area contributed by atoms with Gasteiger partial charge in [-0.05, 0) is 163 Å². The molecule has 10 rings (SSSR count). The molecule has 0 radical (unpaired) electrons. The first-order chi connectivity index (χ1) is 43.8. The summed E-state index contributed by atoms with van der Waals surface area (Å²) in [6.45, 7) is 48.7. The van der Waals surface area contributed by atoms with Crippen LogP contribution in [0.15, 0.2) is 134 Å². The Labute approximate surface area is 560 Å². The number of aryl methyl sites for hydroxylation is 2. The summed E-state index contributed by atoms with van der Waals surface area (Å²) in [4.78, 5) is 25.3. The summed E-state index contributed by atoms with van der Waals surface area (Å²) >= 11 is 0. The molecule has 3 fully saturated rings. The smallest absolute Gasteiger partial charge is 0.341 e. The Balaban J connectivity index is 0.000000185. The van der Waals surface area contributed by atoms with Crippen LogP contribution < -0.4 is 14.2 Å². The zero-order valence-electron chi connectivity index (χ0n) is 60.4. The van der Waals surface area contributed by atoms with Gasteiger partial charge in [-0.1, -0.05) is 177 Å². The second kappa shape index (κ2) is 34.0. The minimum Gasteiger partial charge on any atom is -0.632 e. The topological polar surface area (TPSA) is 128 Å². The summed E-state index contributed by atoms with van der Waals surface area (Å²) in [6, 6.07) is 38.1. The number of quaternary nitrogens is 1. The molecule has 7 aromatic rings. The number of hydrogen-bond donors (Lipinski definition) is 0. The van der Waals surface area contributed by atoms with Crippen molar-refractivity contribution >= 4 is 5.97 Å². The summed E-state index contributed by atoms with van der Waals surface area (Å²) in [5.41, 5.74) is 11.2. The van der Waals surface area contributed by atoms with E-state index in [9.17, 15) is 10.0 Å². The number of benzene rings is 5. The molecule has 5 aromatic carbocycles. The predicted octanol–water partition coefficient (Wildman–Crippen LogP) is 16.6. The van der Waals surface area contributed by atoms with E-state index < -0.39 is 0 Å². The van der Waals surface area contributed by atoms with Crippen molar-refractivity contribution in [3.63, 3.8) is 0 Å². The third-order valence-corrected chi connectivity index (χ3v) is 17.5. The number of esters is 1. The zero-order valence-corrected chi connectivity index (χ0v) is 60.4. The van der Waals surface area contributed by atoms with Crippen LogP contribution in [0.4, 0.5) is 0 Å². The maximum atomic E-state index is 12.4. The van der Waals surface area contributed by atoms with Crippen molar-refractivity contribution < 1.29 is 33.1 Å². The van der Waals surface area contributed by atoms with E-state index in [-0.39, 0.29) is 37.7 Å². The van der Waals surface area contributed by atoms with Crippen molar-refractivity contribution in [3.05, 3.63) is 195 Å². The van der Waals surface area contributed by atoms with Crippen molar-refractivity contribution in [2.45, 2.75) is 184 Å². The van der Waals surface area contributed by atoms with E-state index in [2.05, 4.69) is 218 Å².